The van der Waals surface area contributed by atoms with Gasteiger partial charge in [0.15, 0.2) is 0 Å². The maximum atomic E-state index is 11.0. The molecule has 0 radical (unpaired) electrons. The summed E-state index contributed by atoms with van der Waals surface area (Å²) in [5.41, 5.74) is 0. The Morgan fingerprint density at radius 2 is 1.92 bits per heavy atom. The molecular formula is C10H16O2. The van der Waals surface area contributed by atoms with E-state index in [2.05, 4.69) is 0 Å². The molecule has 0 saturated carbocycles. The number of Topliss-reactive ketones (excluding diaryl/α,β-unsaturated/α-hetero) is 2. The zero-order valence-electron chi connectivity index (χ0n) is 7.80. The molecule has 12 heavy (non-hydrogen) atoms. The molecule has 0 aliphatic carbocycles. The highest BCUT2D eigenvalue weighted by molar-refractivity contribution is 5.97. The number of ketones is 2. The predicted octanol–water partition coefficient (Wildman–Crippen LogP) is 2.28. The number of hydrogen-bond acceptors (Lipinski definition) is 2. The minimum absolute atomic E-state index is 0.0422. The normalized spacial score (nSPS) is 10.5. The van der Waals surface area contributed by atoms with E-state index in [0.717, 1.165) is 12.8 Å². The molecule has 2 heteroatoms. The van der Waals surface area contributed by atoms with Crippen molar-refractivity contribution in [3.8, 4) is 0 Å². The van der Waals surface area contributed by atoms with Crippen LogP contribution >= 0.6 is 0 Å². The molecule has 0 bridgehead atoms. The van der Waals surface area contributed by atoms with Gasteiger partial charge in [-0.3, -0.25) is 9.59 Å². The maximum Gasteiger partial charge on any atom is 0.140 e. The van der Waals surface area contributed by atoms with Crippen LogP contribution in [0.4, 0.5) is 0 Å². The molecule has 0 N–H and O–H groups in total. The highest BCUT2D eigenvalue weighted by Gasteiger charge is 2.02. The van der Waals surface area contributed by atoms with E-state index in [0.29, 0.717) is 6.42 Å². The van der Waals surface area contributed by atoms with E-state index in [4.69, 9.17) is 0 Å². The fourth-order valence-electron chi connectivity index (χ4n) is 0.895. The first-order valence-corrected chi connectivity index (χ1v) is 4.33. The molecule has 0 atom stereocenters. The van der Waals surface area contributed by atoms with Crippen LogP contribution < -0.4 is 0 Å². The molecule has 68 valence electrons. The molecule has 0 amide bonds. The molecule has 0 fully saturated rings. The average molecular weight is 168 g/mol. The summed E-state index contributed by atoms with van der Waals surface area (Å²) < 4.78 is 0. The zero-order chi connectivity index (χ0) is 9.40. The third-order valence-electron chi connectivity index (χ3n) is 1.44. The quantitative estimate of drug-likeness (QED) is 0.450. The smallest absolute Gasteiger partial charge is 0.140 e. The highest BCUT2D eigenvalue weighted by atomic mass is 16.1. The van der Waals surface area contributed by atoms with Gasteiger partial charge in [-0.2, -0.15) is 0 Å². The summed E-state index contributed by atoms with van der Waals surface area (Å²) in [7, 11) is 0. The Bertz CT molecular complexity index is 180. The molecule has 0 heterocycles. The van der Waals surface area contributed by atoms with Gasteiger partial charge in [-0.15, -0.1) is 0 Å². The highest BCUT2D eigenvalue weighted by Crippen LogP contribution is 1.97. The van der Waals surface area contributed by atoms with Gasteiger partial charge in [0.05, 0.1) is 6.42 Å². The number of rotatable bonds is 6. The van der Waals surface area contributed by atoms with Crippen molar-refractivity contribution in [2.24, 2.45) is 0 Å². The van der Waals surface area contributed by atoms with Crippen LogP contribution in [-0.2, 0) is 9.59 Å². The molecule has 0 aliphatic heterocycles. The molecule has 0 aromatic rings. The SMILES string of the molecule is CCC=CCCC(=O)CC(C)=O. The van der Waals surface area contributed by atoms with Crippen LogP contribution in [0.25, 0.3) is 0 Å². The van der Waals surface area contributed by atoms with Gasteiger partial charge in [0.1, 0.15) is 11.6 Å². The van der Waals surface area contributed by atoms with Crippen LogP contribution in [0.5, 0.6) is 0 Å². The lowest BCUT2D eigenvalue weighted by Gasteiger charge is -1.93. The van der Waals surface area contributed by atoms with Crippen LogP contribution in [0.15, 0.2) is 12.2 Å². The second-order valence-corrected chi connectivity index (χ2v) is 2.84. The topological polar surface area (TPSA) is 34.1 Å². The fraction of sp³-hybridized carbons (Fsp3) is 0.600. The molecule has 0 aromatic carbocycles. The Morgan fingerprint density at radius 3 is 2.42 bits per heavy atom. The number of allylic oxidation sites excluding steroid dienone is 2. The molecule has 0 saturated heterocycles. The van der Waals surface area contributed by atoms with Gasteiger partial charge in [-0.05, 0) is 19.8 Å². The summed E-state index contributed by atoms with van der Waals surface area (Å²) in [6.07, 6.45) is 6.37. The van der Waals surface area contributed by atoms with Gasteiger partial charge in [-0.1, -0.05) is 19.1 Å². The van der Waals surface area contributed by atoms with Gasteiger partial charge in [0.25, 0.3) is 0 Å². The van der Waals surface area contributed by atoms with Gasteiger partial charge in [0.2, 0.25) is 0 Å². The van der Waals surface area contributed by atoms with Crippen LogP contribution in [0.2, 0.25) is 0 Å². The van der Waals surface area contributed by atoms with E-state index in [1.165, 1.54) is 6.92 Å². The van der Waals surface area contributed by atoms with Crippen molar-refractivity contribution in [1.29, 1.82) is 0 Å². The van der Waals surface area contributed by atoms with Crippen molar-refractivity contribution in [3.05, 3.63) is 12.2 Å². The average Bonchev–Trinajstić information content (AvgIpc) is 1.97. The van der Waals surface area contributed by atoms with Crippen LogP contribution in [0.1, 0.15) is 39.5 Å². The zero-order valence-corrected chi connectivity index (χ0v) is 7.80. The van der Waals surface area contributed by atoms with Gasteiger partial charge in [0, 0.05) is 6.42 Å². The monoisotopic (exact) mass is 168 g/mol. The van der Waals surface area contributed by atoms with Crippen molar-refractivity contribution in [2.75, 3.05) is 0 Å². The maximum absolute atomic E-state index is 11.0. The van der Waals surface area contributed by atoms with E-state index in [-0.39, 0.29) is 18.0 Å². The van der Waals surface area contributed by atoms with E-state index < -0.39 is 0 Å². The van der Waals surface area contributed by atoms with Crippen molar-refractivity contribution in [1.82, 2.24) is 0 Å². The van der Waals surface area contributed by atoms with Gasteiger partial charge >= 0.3 is 0 Å². The molecule has 2 nitrogen and oxygen atoms in total. The first kappa shape index (κ1) is 11.1. The second-order valence-electron chi connectivity index (χ2n) is 2.84. The molecular weight excluding hydrogens is 152 g/mol. The fourth-order valence-corrected chi connectivity index (χ4v) is 0.895. The minimum atomic E-state index is -0.0422. The summed E-state index contributed by atoms with van der Waals surface area (Å²) in [6.45, 7) is 3.49. The van der Waals surface area contributed by atoms with Crippen molar-refractivity contribution in [3.63, 3.8) is 0 Å². The summed E-state index contributed by atoms with van der Waals surface area (Å²) in [5.74, 6) is 0.00252. The Morgan fingerprint density at radius 1 is 1.25 bits per heavy atom. The predicted molar refractivity (Wildman–Crippen MR) is 49.0 cm³/mol. The van der Waals surface area contributed by atoms with E-state index >= 15 is 0 Å². The third kappa shape index (κ3) is 7.19. The van der Waals surface area contributed by atoms with E-state index in [1.54, 1.807) is 0 Å². The van der Waals surface area contributed by atoms with Crippen LogP contribution in [-0.4, -0.2) is 11.6 Å². The lowest BCUT2D eigenvalue weighted by molar-refractivity contribution is -0.125. The first-order chi connectivity index (χ1) is 5.66. The molecule has 0 rings (SSSR count). The standard InChI is InChI=1S/C10H16O2/c1-3-4-5-6-7-10(12)8-9(2)11/h4-5H,3,6-8H2,1-2H3. The van der Waals surface area contributed by atoms with Crippen molar-refractivity contribution < 1.29 is 9.59 Å². The number of hydrogen-bond donors (Lipinski definition) is 0. The van der Waals surface area contributed by atoms with Crippen molar-refractivity contribution in [2.45, 2.75) is 39.5 Å². The Labute approximate surface area is 73.7 Å². The third-order valence-corrected chi connectivity index (χ3v) is 1.44. The van der Waals surface area contributed by atoms with Crippen LogP contribution in [0.3, 0.4) is 0 Å². The minimum Gasteiger partial charge on any atom is -0.300 e. The lowest BCUT2D eigenvalue weighted by Crippen LogP contribution is -2.03. The van der Waals surface area contributed by atoms with Crippen molar-refractivity contribution >= 4 is 11.6 Å². The summed E-state index contributed by atoms with van der Waals surface area (Å²) in [5, 5.41) is 0. The Hall–Kier alpha value is -0.920. The summed E-state index contributed by atoms with van der Waals surface area (Å²) in [4.78, 5) is 21.5. The molecule has 0 unspecified atom stereocenters. The van der Waals surface area contributed by atoms with Gasteiger partial charge < -0.3 is 0 Å². The van der Waals surface area contributed by atoms with Gasteiger partial charge in [-0.25, -0.2) is 0 Å². The second kappa shape index (κ2) is 6.77. The summed E-state index contributed by atoms with van der Waals surface area (Å²) in [6, 6.07) is 0. The van der Waals surface area contributed by atoms with Crippen LogP contribution in [0, 0.1) is 0 Å². The molecule has 0 aliphatic rings. The summed E-state index contributed by atoms with van der Waals surface area (Å²) >= 11 is 0. The number of carbonyl (C=O) groups excluding carboxylic acids is 2. The number of carbonyl (C=O) groups is 2. The Kier molecular flexibility index (Phi) is 6.25. The first-order valence-electron chi connectivity index (χ1n) is 4.33. The lowest BCUT2D eigenvalue weighted by atomic mass is 10.1. The molecule has 0 aromatic heterocycles. The van der Waals surface area contributed by atoms with E-state index in [9.17, 15) is 9.59 Å². The van der Waals surface area contributed by atoms with E-state index in [1.807, 2.05) is 19.1 Å². The Balaban J connectivity index is 3.44. The largest absolute Gasteiger partial charge is 0.300 e. The molecule has 0 spiro atoms.